The van der Waals surface area contributed by atoms with Gasteiger partial charge in [0.1, 0.15) is 11.4 Å². The first-order chi connectivity index (χ1) is 12.6. The third kappa shape index (κ3) is 4.43. The highest BCUT2D eigenvalue weighted by atomic mass is 79.9. The van der Waals surface area contributed by atoms with E-state index < -0.39 is 0 Å². The molecule has 26 heavy (non-hydrogen) atoms. The van der Waals surface area contributed by atoms with Gasteiger partial charge in [-0.3, -0.25) is 4.79 Å². The average molecular weight is 499 g/mol. The molecule has 0 unspecified atom stereocenters. The maximum atomic E-state index is 12.2. The predicted molar refractivity (Wildman–Crippen MR) is 107 cm³/mol. The molecule has 0 radical (unpaired) electrons. The Labute approximate surface area is 170 Å². The second-order valence-electron chi connectivity index (χ2n) is 5.01. The monoisotopic (exact) mass is 497 g/mol. The minimum atomic E-state index is -0.154. The minimum absolute atomic E-state index is 0.154. The van der Waals surface area contributed by atoms with Crippen LogP contribution in [-0.4, -0.2) is 39.0 Å². The van der Waals surface area contributed by atoms with Crippen LogP contribution in [0.3, 0.4) is 0 Å². The van der Waals surface area contributed by atoms with E-state index in [0.29, 0.717) is 22.3 Å². The number of carbonyl (C=O) groups excluding carboxylic acids is 1. The van der Waals surface area contributed by atoms with Crippen LogP contribution in [0, 0.1) is 0 Å². The molecule has 1 amide bonds. The fourth-order valence-corrected chi connectivity index (χ4v) is 3.44. The van der Waals surface area contributed by atoms with Gasteiger partial charge < -0.3 is 10.1 Å². The predicted octanol–water partition coefficient (Wildman–Crippen LogP) is 3.93. The molecule has 0 spiro atoms. The van der Waals surface area contributed by atoms with Crippen LogP contribution in [0.1, 0.15) is 0 Å². The van der Waals surface area contributed by atoms with E-state index in [4.69, 9.17) is 4.74 Å². The maximum absolute atomic E-state index is 12.2. The molecule has 10 heteroatoms. The average Bonchev–Trinajstić information content (AvgIpc) is 3.11. The van der Waals surface area contributed by atoms with Gasteiger partial charge in [-0.15, -0.1) is 5.10 Å². The van der Waals surface area contributed by atoms with Crippen molar-refractivity contribution in [2.24, 2.45) is 0 Å². The highest BCUT2D eigenvalue weighted by molar-refractivity contribution is 9.13. The van der Waals surface area contributed by atoms with Gasteiger partial charge in [-0.25, -0.2) is 0 Å². The van der Waals surface area contributed by atoms with E-state index in [9.17, 15) is 4.79 Å². The van der Waals surface area contributed by atoms with Crippen LogP contribution in [-0.2, 0) is 4.79 Å². The first kappa shape index (κ1) is 18.9. The molecular formula is C16H13Br2N5O2S. The molecule has 1 N–H and O–H groups in total. The SMILES string of the molecule is COc1ccccc1-n1nnnc1SCC(=O)Nc1ccc(Br)c(Br)c1. The molecular weight excluding hydrogens is 486 g/mol. The molecule has 0 fully saturated rings. The van der Waals surface area contributed by atoms with E-state index in [-0.39, 0.29) is 11.7 Å². The molecule has 0 aliphatic heterocycles. The Bertz CT molecular complexity index is 935. The number of thioether (sulfide) groups is 1. The zero-order valence-corrected chi connectivity index (χ0v) is 17.5. The Morgan fingerprint density at radius 3 is 2.81 bits per heavy atom. The number of amides is 1. The van der Waals surface area contributed by atoms with Crippen molar-refractivity contribution in [3.63, 3.8) is 0 Å². The molecule has 0 aliphatic carbocycles. The van der Waals surface area contributed by atoms with E-state index in [2.05, 4.69) is 52.7 Å². The zero-order valence-electron chi connectivity index (χ0n) is 13.5. The molecule has 134 valence electrons. The summed E-state index contributed by atoms with van der Waals surface area (Å²) in [4.78, 5) is 12.2. The van der Waals surface area contributed by atoms with Crippen molar-refractivity contribution in [3.05, 3.63) is 51.4 Å². The third-order valence-electron chi connectivity index (χ3n) is 3.29. The Morgan fingerprint density at radius 2 is 2.04 bits per heavy atom. The minimum Gasteiger partial charge on any atom is -0.494 e. The molecule has 0 saturated carbocycles. The molecule has 1 aromatic heterocycles. The molecule has 7 nitrogen and oxygen atoms in total. The lowest BCUT2D eigenvalue weighted by Crippen LogP contribution is -2.14. The van der Waals surface area contributed by atoms with Gasteiger partial charge in [0.05, 0.1) is 12.9 Å². The molecule has 3 rings (SSSR count). The van der Waals surface area contributed by atoms with Crippen LogP contribution in [0.25, 0.3) is 5.69 Å². The largest absolute Gasteiger partial charge is 0.494 e. The Balaban J connectivity index is 1.68. The van der Waals surface area contributed by atoms with Gasteiger partial charge in [0.15, 0.2) is 0 Å². The number of aromatic nitrogens is 4. The summed E-state index contributed by atoms with van der Waals surface area (Å²) >= 11 is 8.05. The number of carbonyl (C=O) groups is 1. The number of rotatable bonds is 6. The molecule has 3 aromatic rings. The number of methoxy groups -OCH3 is 1. The van der Waals surface area contributed by atoms with Gasteiger partial charge >= 0.3 is 0 Å². The van der Waals surface area contributed by atoms with Crippen molar-refractivity contribution in [3.8, 4) is 11.4 Å². The van der Waals surface area contributed by atoms with E-state index in [1.807, 2.05) is 42.5 Å². The smallest absolute Gasteiger partial charge is 0.234 e. The number of ether oxygens (including phenoxy) is 1. The summed E-state index contributed by atoms with van der Waals surface area (Å²) < 4.78 is 8.67. The first-order valence-corrected chi connectivity index (χ1v) is 9.95. The maximum Gasteiger partial charge on any atom is 0.234 e. The van der Waals surface area contributed by atoms with E-state index in [0.717, 1.165) is 8.95 Å². The Hall–Kier alpha value is -1.91. The number of hydrogen-bond donors (Lipinski definition) is 1. The van der Waals surface area contributed by atoms with Crippen molar-refractivity contribution in [1.29, 1.82) is 0 Å². The summed E-state index contributed by atoms with van der Waals surface area (Å²) in [7, 11) is 1.58. The number of hydrogen-bond acceptors (Lipinski definition) is 6. The van der Waals surface area contributed by atoms with Gasteiger partial charge in [-0.1, -0.05) is 23.9 Å². The molecule has 2 aromatic carbocycles. The highest BCUT2D eigenvalue weighted by Crippen LogP contribution is 2.27. The zero-order chi connectivity index (χ0) is 18.5. The van der Waals surface area contributed by atoms with Gasteiger partial charge in [0.2, 0.25) is 11.1 Å². The third-order valence-corrected chi connectivity index (χ3v) is 6.09. The molecule has 0 aliphatic rings. The fraction of sp³-hybridized carbons (Fsp3) is 0.125. The van der Waals surface area contributed by atoms with Gasteiger partial charge in [0, 0.05) is 14.6 Å². The molecule has 0 bridgehead atoms. The molecule has 0 atom stereocenters. The lowest BCUT2D eigenvalue weighted by molar-refractivity contribution is -0.113. The molecule has 0 saturated heterocycles. The number of para-hydroxylation sites is 2. The summed E-state index contributed by atoms with van der Waals surface area (Å²) in [6, 6.07) is 12.9. The van der Waals surface area contributed by atoms with Crippen LogP contribution in [0.5, 0.6) is 5.75 Å². The normalized spacial score (nSPS) is 10.6. The number of benzene rings is 2. The quantitative estimate of drug-likeness (QED) is 0.518. The summed E-state index contributed by atoms with van der Waals surface area (Å²) in [5.74, 6) is 0.660. The fourth-order valence-electron chi connectivity index (χ4n) is 2.13. The lowest BCUT2D eigenvalue weighted by Gasteiger charge is -2.09. The second-order valence-corrected chi connectivity index (χ2v) is 7.66. The Kier molecular flexibility index (Phi) is 6.28. The summed E-state index contributed by atoms with van der Waals surface area (Å²) in [6.07, 6.45) is 0. The van der Waals surface area contributed by atoms with Crippen LogP contribution in [0.15, 0.2) is 56.6 Å². The lowest BCUT2D eigenvalue weighted by atomic mass is 10.3. The van der Waals surface area contributed by atoms with Gasteiger partial charge in [-0.05, 0) is 72.6 Å². The van der Waals surface area contributed by atoms with Crippen LogP contribution in [0.2, 0.25) is 0 Å². The summed E-state index contributed by atoms with van der Waals surface area (Å²) in [5.41, 5.74) is 1.41. The van der Waals surface area contributed by atoms with Crippen molar-refractivity contribution in [1.82, 2.24) is 20.2 Å². The number of nitrogens with one attached hydrogen (secondary N) is 1. The van der Waals surface area contributed by atoms with Crippen molar-refractivity contribution in [2.75, 3.05) is 18.2 Å². The summed E-state index contributed by atoms with van der Waals surface area (Å²) in [6.45, 7) is 0. The van der Waals surface area contributed by atoms with Crippen LogP contribution in [0.4, 0.5) is 5.69 Å². The van der Waals surface area contributed by atoms with Crippen molar-refractivity contribution >= 4 is 55.2 Å². The highest BCUT2D eigenvalue weighted by Gasteiger charge is 2.14. The molecule has 1 heterocycles. The van der Waals surface area contributed by atoms with Gasteiger partial charge in [0.25, 0.3) is 0 Å². The van der Waals surface area contributed by atoms with E-state index in [1.165, 1.54) is 11.8 Å². The number of anilines is 1. The number of nitrogens with zero attached hydrogens (tertiary/aromatic N) is 4. The number of halogens is 2. The van der Waals surface area contributed by atoms with Crippen molar-refractivity contribution < 1.29 is 9.53 Å². The van der Waals surface area contributed by atoms with Gasteiger partial charge in [-0.2, -0.15) is 4.68 Å². The number of tetrazole rings is 1. The van der Waals surface area contributed by atoms with Crippen LogP contribution < -0.4 is 10.1 Å². The first-order valence-electron chi connectivity index (χ1n) is 7.38. The van der Waals surface area contributed by atoms with E-state index >= 15 is 0 Å². The van der Waals surface area contributed by atoms with Crippen LogP contribution >= 0.6 is 43.6 Å². The van der Waals surface area contributed by atoms with Crippen molar-refractivity contribution in [2.45, 2.75) is 5.16 Å². The second kappa shape index (κ2) is 8.65. The topological polar surface area (TPSA) is 81.9 Å². The Morgan fingerprint density at radius 1 is 1.23 bits per heavy atom. The van der Waals surface area contributed by atoms with E-state index in [1.54, 1.807) is 11.8 Å². The standard InChI is InChI=1S/C16H13Br2N5O2S/c1-25-14-5-3-2-4-13(14)23-16(20-21-22-23)26-9-15(24)19-10-6-7-11(17)12(18)8-10/h2-8H,9H2,1H3,(H,19,24). The summed E-state index contributed by atoms with van der Waals surface area (Å²) in [5, 5.41) is 15.0.